The Morgan fingerprint density at radius 2 is 1.26 bits per heavy atom. The average Bonchev–Trinajstić information content (AvgIpc) is 3.31. The zero-order valence-electron chi connectivity index (χ0n) is 30.3. The fourth-order valence-corrected chi connectivity index (χ4v) is 7.12. The van der Waals surface area contributed by atoms with E-state index >= 15 is 0 Å². The van der Waals surface area contributed by atoms with Crippen LogP contribution in [0, 0.1) is 0 Å². The van der Waals surface area contributed by atoms with Crippen molar-refractivity contribution in [1.29, 1.82) is 0 Å². The van der Waals surface area contributed by atoms with Gasteiger partial charge >= 0.3 is 7.48 Å². The van der Waals surface area contributed by atoms with Crippen molar-refractivity contribution in [3.05, 3.63) is 71.4 Å². The predicted molar refractivity (Wildman–Crippen MR) is 199 cm³/mol. The third-order valence-corrected chi connectivity index (χ3v) is 10.9. The van der Waals surface area contributed by atoms with E-state index in [0.29, 0.717) is 7.48 Å². The SMILES string of the molecule is CCCCCCCCC1(CCCCCCCC)c2cc(CC)ccc2-c2ccc(-c3ccc(BOC(C)(C)C(C)(C)O)cn3)cc21. The Labute approximate surface area is 282 Å². The minimum Gasteiger partial charge on any atom is -0.427 e. The van der Waals surface area contributed by atoms with Gasteiger partial charge in [0.1, 0.15) is 0 Å². The molecule has 0 saturated heterocycles. The van der Waals surface area contributed by atoms with Gasteiger partial charge in [0.25, 0.3) is 0 Å². The Kier molecular flexibility index (Phi) is 13.1. The molecule has 0 fully saturated rings. The van der Waals surface area contributed by atoms with Gasteiger partial charge in [0.05, 0.1) is 16.9 Å². The molecule has 1 aliphatic rings. The number of unbranched alkanes of at least 4 members (excludes halogenated alkanes) is 10. The number of benzene rings is 2. The fourth-order valence-electron chi connectivity index (χ4n) is 7.12. The maximum atomic E-state index is 10.5. The summed E-state index contributed by atoms with van der Waals surface area (Å²) in [5.74, 6) is 0. The van der Waals surface area contributed by atoms with Crippen LogP contribution in [0.4, 0.5) is 0 Å². The van der Waals surface area contributed by atoms with Gasteiger partial charge < -0.3 is 9.76 Å². The van der Waals surface area contributed by atoms with Gasteiger partial charge in [-0.25, -0.2) is 0 Å². The minimum absolute atomic E-state index is 0.0673. The highest BCUT2D eigenvalue weighted by atomic mass is 16.5. The van der Waals surface area contributed by atoms with Crippen LogP contribution < -0.4 is 5.46 Å². The highest BCUT2D eigenvalue weighted by molar-refractivity contribution is 6.46. The summed E-state index contributed by atoms with van der Waals surface area (Å²) >= 11 is 0. The van der Waals surface area contributed by atoms with Gasteiger partial charge in [-0.05, 0) is 92.4 Å². The summed E-state index contributed by atoms with van der Waals surface area (Å²) in [7, 11) is 0.420. The summed E-state index contributed by atoms with van der Waals surface area (Å²) < 4.78 is 6.11. The molecule has 4 heteroatoms. The lowest BCUT2D eigenvalue weighted by atomic mass is 9.70. The molecule has 0 atom stereocenters. The second kappa shape index (κ2) is 16.6. The molecule has 250 valence electrons. The number of rotatable bonds is 20. The molecule has 0 bridgehead atoms. The fraction of sp³-hybridized carbons (Fsp3) is 0.595. The first-order valence-electron chi connectivity index (χ1n) is 18.7. The highest BCUT2D eigenvalue weighted by Crippen LogP contribution is 2.55. The van der Waals surface area contributed by atoms with E-state index in [1.165, 1.54) is 118 Å². The van der Waals surface area contributed by atoms with E-state index in [1.807, 2.05) is 20.0 Å². The van der Waals surface area contributed by atoms with Gasteiger partial charge in [-0.2, -0.15) is 0 Å². The number of pyridine rings is 1. The molecule has 1 aromatic heterocycles. The number of hydrogen-bond donors (Lipinski definition) is 1. The number of fused-ring (bicyclic) bond motifs is 3. The number of aryl methyl sites for hydroxylation is 1. The molecule has 0 amide bonds. The first-order valence-corrected chi connectivity index (χ1v) is 18.7. The van der Waals surface area contributed by atoms with E-state index < -0.39 is 11.2 Å². The van der Waals surface area contributed by atoms with Gasteiger partial charge in [-0.1, -0.05) is 134 Å². The standard InChI is InChI=1S/C42H62BNO2/c1-8-11-13-15-17-19-27-42(28-20-18-16-14-12-9-2)37-29-32(10-3)21-24-35(37)36-25-22-33(30-38(36)42)39-26-23-34(31-44-39)43-46-41(6,7)40(4,5)45/h21-26,29-31,43,45H,8-20,27-28H2,1-7H3. The molecule has 1 heterocycles. The van der Waals surface area contributed by atoms with E-state index in [4.69, 9.17) is 9.64 Å². The lowest BCUT2D eigenvalue weighted by Gasteiger charge is -2.37. The molecule has 0 unspecified atom stereocenters. The lowest BCUT2D eigenvalue weighted by molar-refractivity contribution is -0.0893. The molecule has 0 saturated carbocycles. The second-order valence-electron chi connectivity index (χ2n) is 15.0. The Morgan fingerprint density at radius 3 is 1.80 bits per heavy atom. The number of aromatic nitrogens is 1. The molecule has 0 spiro atoms. The third-order valence-electron chi connectivity index (χ3n) is 10.9. The summed E-state index contributed by atoms with van der Waals surface area (Å²) in [4.78, 5) is 4.93. The number of nitrogens with zero attached hydrogens (tertiary/aromatic N) is 1. The Morgan fingerprint density at radius 1 is 0.696 bits per heavy atom. The third kappa shape index (κ3) is 8.72. The number of hydrogen-bond acceptors (Lipinski definition) is 3. The second-order valence-corrected chi connectivity index (χ2v) is 15.0. The first-order chi connectivity index (χ1) is 22.1. The highest BCUT2D eigenvalue weighted by Gasteiger charge is 2.42. The van der Waals surface area contributed by atoms with Crippen molar-refractivity contribution in [2.75, 3.05) is 0 Å². The van der Waals surface area contributed by atoms with Gasteiger partial charge in [-0.3, -0.25) is 4.98 Å². The summed E-state index contributed by atoms with van der Waals surface area (Å²) in [6, 6.07) is 18.7. The van der Waals surface area contributed by atoms with Crippen molar-refractivity contribution >= 4 is 12.9 Å². The van der Waals surface area contributed by atoms with E-state index in [1.54, 1.807) is 19.4 Å². The molecule has 1 N–H and O–H groups in total. The van der Waals surface area contributed by atoms with E-state index in [2.05, 4.69) is 69.3 Å². The van der Waals surface area contributed by atoms with Crippen LogP contribution in [0.25, 0.3) is 22.4 Å². The van der Waals surface area contributed by atoms with Crippen molar-refractivity contribution in [3.63, 3.8) is 0 Å². The van der Waals surface area contributed by atoms with Crippen LogP contribution in [-0.4, -0.2) is 28.8 Å². The summed E-state index contributed by atoms with van der Waals surface area (Å²) in [5.41, 5.74) is 9.13. The normalized spacial score (nSPS) is 13.9. The van der Waals surface area contributed by atoms with Crippen LogP contribution in [0.5, 0.6) is 0 Å². The average molecular weight is 624 g/mol. The summed E-state index contributed by atoms with van der Waals surface area (Å²) in [6.45, 7) is 14.4. The molecule has 46 heavy (non-hydrogen) atoms. The van der Waals surface area contributed by atoms with Crippen LogP contribution in [0.3, 0.4) is 0 Å². The van der Waals surface area contributed by atoms with Crippen LogP contribution in [0.1, 0.15) is 155 Å². The zero-order valence-corrected chi connectivity index (χ0v) is 30.3. The lowest BCUT2D eigenvalue weighted by Crippen LogP contribution is -2.49. The Bertz CT molecular complexity index is 1360. The summed E-state index contributed by atoms with van der Waals surface area (Å²) in [5, 5.41) is 10.5. The monoisotopic (exact) mass is 623 g/mol. The molecule has 0 radical (unpaired) electrons. The first kappa shape index (κ1) is 36.4. The van der Waals surface area contributed by atoms with E-state index in [0.717, 1.165) is 17.6 Å². The molecule has 2 aromatic carbocycles. The molecule has 3 nitrogen and oxygen atoms in total. The quantitative estimate of drug-likeness (QED) is 0.101. The molecule has 3 aromatic rings. The molecule has 1 aliphatic carbocycles. The van der Waals surface area contributed by atoms with Gasteiger partial charge in [0.15, 0.2) is 0 Å². The molecule has 0 aliphatic heterocycles. The van der Waals surface area contributed by atoms with Gasteiger partial charge in [-0.15, -0.1) is 0 Å². The predicted octanol–water partition coefficient (Wildman–Crippen LogP) is 10.6. The van der Waals surface area contributed by atoms with Crippen molar-refractivity contribution in [2.24, 2.45) is 0 Å². The number of aliphatic hydroxyl groups is 1. The van der Waals surface area contributed by atoms with Gasteiger partial charge in [0.2, 0.25) is 0 Å². The molecule has 4 rings (SSSR count). The van der Waals surface area contributed by atoms with Crippen LogP contribution in [0.2, 0.25) is 0 Å². The van der Waals surface area contributed by atoms with Crippen molar-refractivity contribution in [3.8, 4) is 22.4 Å². The van der Waals surface area contributed by atoms with Gasteiger partial charge in [0, 0.05) is 17.2 Å². The molecular formula is C42H62BNO2. The topological polar surface area (TPSA) is 42.4 Å². The van der Waals surface area contributed by atoms with Crippen LogP contribution >= 0.6 is 0 Å². The minimum atomic E-state index is -0.933. The smallest absolute Gasteiger partial charge is 0.311 e. The maximum absolute atomic E-state index is 10.5. The Hall–Kier alpha value is -2.43. The van der Waals surface area contributed by atoms with Crippen LogP contribution in [0.15, 0.2) is 54.7 Å². The Balaban J connectivity index is 1.65. The largest absolute Gasteiger partial charge is 0.427 e. The van der Waals surface area contributed by atoms with E-state index in [9.17, 15) is 5.11 Å². The van der Waals surface area contributed by atoms with Crippen LogP contribution in [-0.2, 0) is 16.5 Å². The van der Waals surface area contributed by atoms with Crippen molar-refractivity contribution in [1.82, 2.24) is 4.98 Å². The summed E-state index contributed by atoms with van der Waals surface area (Å²) in [6.07, 6.45) is 21.4. The maximum Gasteiger partial charge on any atom is 0.311 e. The van der Waals surface area contributed by atoms with Crippen molar-refractivity contribution < 1.29 is 9.76 Å². The zero-order chi connectivity index (χ0) is 33.2. The molecular weight excluding hydrogens is 561 g/mol. The van der Waals surface area contributed by atoms with Crippen molar-refractivity contribution in [2.45, 2.75) is 161 Å². The van der Waals surface area contributed by atoms with E-state index in [-0.39, 0.29) is 5.41 Å².